The molecule has 2 aliphatic heterocycles. The molecule has 2 saturated heterocycles. The minimum absolute atomic E-state index is 0.143. The van der Waals surface area contributed by atoms with Crippen LogP contribution in [0.3, 0.4) is 0 Å². The van der Waals surface area contributed by atoms with Gasteiger partial charge in [-0.05, 0) is 36.6 Å². The third kappa shape index (κ3) is 2.33. The molecule has 3 aromatic heterocycles. The normalized spacial score (nSPS) is 18.4. The van der Waals surface area contributed by atoms with Crippen molar-refractivity contribution < 1.29 is 4.79 Å². The number of nitrogens with zero attached hydrogens (tertiary/aromatic N) is 4. The van der Waals surface area contributed by atoms with Gasteiger partial charge in [-0.15, -0.1) is 0 Å². The van der Waals surface area contributed by atoms with E-state index in [1.54, 1.807) is 0 Å². The van der Waals surface area contributed by atoms with Crippen LogP contribution in [0, 0.1) is 5.41 Å². The summed E-state index contributed by atoms with van der Waals surface area (Å²) >= 11 is 0. The van der Waals surface area contributed by atoms with E-state index in [9.17, 15) is 4.79 Å². The molecule has 0 bridgehead atoms. The lowest BCUT2D eigenvalue weighted by molar-refractivity contribution is -0.141. The molecule has 2 aliphatic rings. The zero-order valence-corrected chi connectivity index (χ0v) is 16.3. The second-order valence-electron chi connectivity index (χ2n) is 8.25. The average Bonchev–Trinajstić information content (AvgIpc) is 3.38. The fraction of sp³-hybridized carbons (Fsp3) is 0.318. The number of piperidine rings is 1. The Hall–Kier alpha value is -3.35. The average molecular weight is 386 g/mol. The molecule has 1 spiro atoms. The van der Waals surface area contributed by atoms with E-state index in [0.29, 0.717) is 0 Å². The van der Waals surface area contributed by atoms with Crippen molar-refractivity contribution in [3.05, 3.63) is 42.9 Å². The molecule has 2 N–H and O–H groups in total. The van der Waals surface area contributed by atoms with Crippen LogP contribution in [0.1, 0.15) is 12.8 Å². The summed E-state index contributed by atoms with van der Waals surface area (Å²) < 4.78 is 1.89. The minimum atomic E-state index is -0.143. The van der Waals surface area contributed by atoms with Gasteiger partial charge in [0.05, 0.1) is 22.8 Å². The predicted molar refractivity (Wildman–Crippen MR) is 113 cm³/mol. The van der Waals surface area contributed by atoms with Gasteiger partial charge < -0.3 is 15.2 Å². The van der Waals surface area contributed by atoms with Gasteiger partial charge in [0, 0.05) is 55.4 Å². The molecule has 5 heterocycles. The number of β-lactam (4-membered cyclic amide) rings is 1. The number of rotatable bonds is 2. The van der Waals surface area contributed by atoms with Crippen molar-refractivity contribution in [2.75, 3.05) is 24.5 Å². The summed E-state index contributed by atoms with van der Waals surface area (Å²) in [7, 11) is 1.96. The van der Waals surface area contributed by atoms with Crippen LogP contribution in [-0.4, -0.2) is 45.3 Å². The van der Waals surface area contributed by atoms with Crippen LogP contribution in [-0.2, 0) is 11.8 Å². The van der Waals surface area contributed by atoms with Crippen molar-refractivity contribution in [2.24, 2.45) is 12.5 Å². The summed E-state index contributed by atoms with van der Waals surface area (Å²) in [6.45, 7) is 2.57. The van der Waals surface area contributed by atoms with Gasteiger partial charge in [0.2, 0.25) is 5.91 Å². The van der Waals surface area contributed by atoms with Crippen LogP contribution in [0.25, 0.3) is 33.1 Å². The molecule has 29 heavy (non-hydrogen) atoms. The quantitative estimate of drug-likeness (QED) is 0.519. The van der Waals surface area contributed by atoms with Gasteiger partial charge in [0.25, 0.3) is 0 Å². The molecular weight excluding hydrogens is 364 g/mol. The molecule has 1 amide bonds. The van der Waals surface area contributed by atoms with E-state index in [1.807, 2.05) is 30.3 Å². The van der Waals surface area contributed by atoms with E-state index in [1.165, 1.54) is 5.69 Å². The number of nitrogens with one attached hydrogen (secondary N) is 2. The van der Waals surface area contributed by atoms with Gasteiger partial charge in [0.1, 0.15) is 5.65 Å². The lowest BCUT2D eigenvalue weighted by Gasteiger charge is -2.47. The Labute approximate surface area is 167 Å². The maximum Gasteiger partial charge on any atom is 0.228 e. The fourth-order valence-electron chi connectivity index (χ4n) is 4.85. The Bertz CT molecular complexity index is 1260. The zero-order valence-electron chi connectivity index (χ0n) is 16.3. The molecule has 4 aromatic rings. The molecule has 0 unspecified atom stereocenters. The van der Waals surface area contributed by atoms with E-state index in [4.69, 9.17) is 0 Å². The molecule has 7 nitrogen and oxygen atoms in total. The maximum absolute atomic E-state index is 12.1. The number of H-pyrrole nitrogens is 1. The first-order valence-electron chi connectivity index (χ1n) is 10.1. The highest BCUT2D eigenvalue weighted by molar-refractivity contribution is 6.00. The number of amides is 1. The first kappa shape index (κ1) is 16.6. The summed E-state index contributed by atoms with van der Waals surface area (Å²) in [4.78, 5) is 22.4. The van der Waals surface area contributed by atoms with Crippen molar-refractivity contribution in [3.63, 3.8) is 0 Å². The number of aryl methyl sites for hydroxylation is 1. The maximum atomic E-state index is 12.1. The molecule has 1 aromatic carbocycles. The number of carbonyl (C=O) groups is 1. The molecule has 7 heteroatoms. The van der Waals surface area contributed by atoms with Crippen molar-refractivity contribution in [3.8, 4) is 11.1 Å². The predicted octanol–water partition coefficient (Wildman–Crippen LogP) is 2.83. The summed E-state index contributed by atoms with van der Waals surface area (Å²) in [5.74, 6) is 0.223. The monoisotopic (exact) mass is 386 g/mol. The van der Waals surface area contributed by atoms with E-state index in [-0.39, 0.29) is 11.3 Å². The lowest BCUT2D eigenvalue weighted by atomic mass is 9.72. The van der Waals surface area contributed by atoms with Gasteiger partial charge in [-0.25, -0.2) is 4.98 Å². The summed E-state index contributed by atoms with van der Waals surface area (Å²) in [6, 6.07) is 8.55. The van der Waals surface area contributed by atoms with E-state index in [2.05, 4.69) is 49.5 Å². The van der Waals surface area contributed by atoms with Crippen LogP contribution < -0.4 is 10.2 Å². The first-order chi connectivity index (χ1) is 14.1. The number of carbonyl (C=O) groups excluding carboxylic acids is 1. The zero-order chi connectivity index (χ0) is 19.6. The smallest absolute Gasteiger partial charge is 0.228 e. The van der Waals surface area contributed by atoms with Crippen LogP contribution in [0.5, 0.6) is 0 Å². The summed E-state index contributed by atoms with van der Waals surface area (Å²) in [5.41, 5.74) is 5.33. The van der Waals surface area contributed by atoms with Gasteiger partial charge >= 0.3 is 0 Å². The Morgan fingerprint density at radius 1 is 1.14 bits per heavy atom. The molecule has 0 saturated carbocycles. The van der Waals surface area contributed by atoms with Gasteiger partial charge in [-0.1, -0.05) is 6.07 Å². The highest BCUT2D eigenvalue weighted by atomic mass is 16.2. The number of aromatic amines is 1. The molecule has 0 atom stereocenters. The van der Waals surface area contributed by atoms with Gasteiger partial charge in [-0.2, -0.15) is 5.10 Å². The van der Waals surface area contributed by atoms with Crippen LogP contribution >= 0.6 is 0 Å². The van der Waals surface area contributed by atoms with E-state index < -0.39 is 0 Å². The van der Waals surface area contributed by atoms with Crippen LogP contribution in [0.15, 0.2) is 42.9 Å². The third-order valence-corrected chi connectivity index (χ3v) is 6.72. The van der Waals surface area contributed by atoms with Crippen molar-refractivity contribution in [2.45, 2.75) is 12.8 Å². The van der Waals surface area contributed by atoms with Crippen LogP contribution in [0.4, 0.5) is 5.69 Å². The standard InChI is InChI=1S/C22H22N6O/c1-27-18-3-2-14(10-15(18)11-26-27)17-12-24-20-16(4-7-23-20)19(17)28-8-5-22(6-9-28)13-25-21(22)29/h2-4,7,10-12H,5-6,8-9,13H2,1H3,(H,23,24)(H,25,29). The van der Waals surface area contributed by atoms with Crippen molar-refractivity contribution >= 4 is 33.5 Å². The van der Waals surface area contributed by atoms with Crippen molar-refractivity contribution in [1.29, 1.82) is 0 Å². The minimum Gasteiger partial charge on any atom is -0.370 e. The largest absolute Gasteiger partial charge is 0.370 e. The number of anilines is 1. The Kier molecular flexibility index (Phi) is 3.33. The topological polar surface area (TPSA) is 78.8 Å². The summed E-state index contributed by atoms with van der Waals surface area (Å²) in [6.07, 6.45) is 7.61. The van der Waals surface area contributed by atoms with E-state index in [0.717, 1.165) is 65.5 Å². The van der Waals surface area contributed by atoms with E-state index >= 15 is 0 Å². The first-order valence-corrected chi connectivity index (χ1v) is 10.1. The highest BCUT2D eigenvalue weighted by Crippen LogP contribution is 2.42. The Balaban J connectivity index is 1.46. The number of pyridine rings is 1. The summed E-state index contributed by atoms with van der Waals surface area (Å²) in [5, 5.41) is 9.54. The fourth-order valence-corrected chi connectivity index (χ4v) is 4.85. The number of benzene rings is 1. The molecule has 146 valence electrons. The Morgan fingerprint density at radius 3 is 2.76 bits per heavy atom. The lowest BCUT2D eigenvalue weighted by Crippen LogP contribution is -2.62. The second kappa shape index (κ2) is 5.83. The molecule has 6 rings (SSSR count). The highest BCUT2D eigenvalue weighted by Gasteiger charge is 2.48. The number of hydrogen-bond acceptors (Lipinski definition) is 4. The van der Waals surface area contributed by atoms with Crippen molar-refractivity contribution in [1.82, 2.24) is 25.1 Å². The third-order valence-electron chi connectivity index (χ3n) is 6.72. The van der Waals surface area contributed by atoms with Crippen LogP contribution in [0.2, 0.25) is 0 Å². The second-order valence-corrected chi connectivity index (χ2v) is 8.25. The van der Waals surface area contributed by atoms with Gasteiger partial charge in [-0.3, -0.25) is 9.48 Å². The number of aromatic nitrogens is 4. The molecular formula is C22H22N6O. The molecule has 2 fully saturated rings. The molecule has 0 aliphatic carbocycles. The number of fused-ring (bicyclic) bond motifs is 2. The molecule has 0 radical (unpaired) electrons. The SMILES string of the molecule is Cn1ncc2cc(-c3cnc4[nH]ccc4c3N3CCC4(CC3)CNC4=O)ccc21. The van der Waals surface area contributed by atoms with Gasteiger partial charge in [0.15, 0.2) is 0 Å². The Morgan fingerprint density at radius 2 is 2.00 bits per heavy atom. The number of hydrogen-bond donors (Lipinski definition) is 2.